The molecule has 0 bridgehead atoms. The Morgan fingerprint density at radius 3 is 2.53 bits per heavy atom. The van der Waals surface area contributed by atoms with Gasteiger partial charge in [-0.3, -0.25) is 9.36 Å². The number of aromatic nitrogens is 3. The molecule has 0 unspecified atom stereocenters. The molecule has 4 rings (SSSR count). The highest BCUT2D eigenvalue weighted by atomic mass is 32.2. The molecule has 0 aliphatic heterocycles. The van der Waals surface area contributed by atoms with E-state index in [0.29, 0.717) is 28.9 Å². The van der Waals surface area contributed by atoms with E-state index in [0.717, 1.165) is 11.4 Å². The molecule has 2 heterocycles. The van der Waals surface area contributed by atoms with Gasteiger partial charge in [0, 0.05) is 5.56 Å². The predicted molar refractivity (Wildman–Crippen MR) is 112 cm³/mol. The number of hydrogen-bond donors (Lipinski definition) is 0. The number of furan rings is 1. The van der Waals surface area contributed by atoms with Gasteiger partial charge in [-0.15, -0.1) is 10.2 Å². The fraction of sp³-hybridized carbons (Fsp3) is 0.136. The average molecular weight is 423 g/mol. The number of carbonyl (C=O) groups excluding carboxylic acids is 1. The quantitative estimate of drug-likeness (QED) is 0.292. The Hall–Kier alpha value is -3.39. The van der Waals surface area contributed by atoms with Gasteiger partial charge in [-0.1, -0.05) is 11.8 Å². The lowest BCUT2D eigenvalue weighted by molar-refractivity contribution is 0.102. The Morgan fingerprint density at radius 2 is 1.87 bits per heavy atom. The first kappa shape index (κ1) is 19.9. The van der Waals surface area contributed by atoms with E-state index in [2.05, 4.69) is 10.2 Å². The van der Waals surface area contributed by atoms with Crippen LogP contribution < -0.4 is 4.74 Å². The molecule has 0 N–H and O–H groups in total. The number of Topliss-reactive ketones (excluding diaryl/α,β-unsaturated/α-hetero) is 1. The van der Waals surface area contributed by atoms with Crippen LogP contribution in [0, 0.1) is 5.82 Å². The molecule has 0 saturated carbocycles. The molecule has 2 aromatic heterocycles. The third-order valence-electron chi connectivity index (χ3n) is 4.28. The second-order valence-electron chi connectivity index (χ2n) is 6.26. The molecule has 0 saturated heterocycles. The maximum atomic E-state index is 13.1. The molecule has 0 aliphatic carbocycles. The summed E-state index contributed by atoms with van der Waals surface area (Å²) in [6.07, 6.45) is 1.57. The topological polar surface area (TPSA) is 70.2 Å². The number of halogens is 1. The van der Waals surface area contributed by atoms with Crippen molar-refractivity contribution in [1.82, 2.24) is 14.8 Å². The summed E-state index contributed by atoms with van der Waals surface area (Å²) < 4.78 is 25.9. The summed E-state index contributed by atoms with van der Waals surface area (Å²) in [6, 6.07) is 16.6. The van der Waals surface area contributed by atoms with Crippen molar-refractivity contribution in [3.05, 3.63) is 78.3 Å². The third-order valence-corrected chi connectivity index (χ3v) is 5.21. The Labute approximate surface area is 176 Å². The van der Waals surface area contributed by atoms with Crippen molar-refractivity contribution >= 4 is 17.5 Å². The number of rotatable bonds is 8. The molecular weight excluding hydrogens is 405 g/mol. The van der Waals surface area contributed by atoms with Crippen molar-refractivity contribution in [2.45, 2.75) is 12.1 Å². The minimum Gasteiger partial charge on any atom is -0.494 e. The van der Waals surface area contributed by atoms with Crippen LogP contribution in [-0.4, -0.2) is 32.9 Å². The van der Waals surface area contributed by atoms with E-state index in [4.69, 9.17) is 9.15 Å². The van der Waals surface area contributed by atoms with Crippen molar-refractivity contribution in [2.24, 2.45) is 0 Å². The van der Waals surface area contributed by atoms with Crippen LogP contribution in [0.15, 0.2) is 76.5 Å². The number of ketones is 1. The number of benzene rings is 2. The third kappa shape index (κ3) is 4.28. The van der Waals surface area contributed by atoms with Gasteiger partial charge in [0.05, 0.1) is 24.3 Å². The lowest BCUT2D eigenvalue weighted by Crippen LogP contribution is -2.05. The maximum Gasteiger partial charge on any atom is 0.205 e. The summed E-state index contributed by atoms with van der Waals surface area (Å²) in [7, 11) is 0. The van der Waals surface area contributed by atoms with E-state index in [1.54, 1.807) is 18.4 Å². The van der Waals surface area contributed by atoms with Gasteiger partial charge in [-0.05, 0) is 67.6 Å². The van der Waals surface area contributed by atoms with Gasteiger partial charge in [0.25, 0.3) is 0 Å². The van der Waals surface area contributed by atoms with Gasteiger partial charge in [-0.2, -0.15) is 0 Å². The molecular formula is C22H18FN3O3S. The molecule has 152 valence electrons. The highest BCUT2D eigenvalue weighted by Crippen LogP contribution is 2.29. The smallest absolute Gasteiger partial charge is 0.205 e. The van der Waals surface area contributed by atoms with Crippen molar-refractivity contribution in [3.8, 4) is 23.0 Å². The molecule has 6 nitrogen and oxygen atoms in total. The summed E-state index contributed by atoms with van der Waals surface area (Å²) in [5.41, 5.74) is 1.26. The predicted octanol–water partition coefficient (Wildman–Crippen LogP) is 5.04. The van der Waals surface area contributed by atoms with Gasteiger partial charge in [0.15, 0.2) is 16.7 Å². The van der Waals surface area contributed by atoms with Crippen molar-refractivity contribution in [3.63, 3.8) is 0 Å². The molecule has 0 fully saturated rings. The first-order valence-electron chi connectivity index (χ1n) is 9.30. The van der Waals surface area contributed by atoms with E-state index >= 15 is 0 Å². The van der Waals surface area contributed by atoms with Crippen molar-refractivity contribution < 1.29 is 18.3 Å². The first-order valence-corrected chi connectivity index (χ1v) is 10.3. The van der Waals surface area contributed by atoms with Crippen LogP contribution in [0.25, 0.3) is 17.3 Å². The van der Waals surface area contributed by atoms with E-state index in [1.165, 1.54) is 36.0 Å². The number of nitrogens with zero attached hydrogens (tertiary/aromatic N) is 3. The lowest BCUT2D eigenvalue weighted by Gasteiger charge is -2.10. The van der Waals surface area contributed by atoms with E-state index < -0.39 is 0 Å². The highest BCUT2D eigenvalue weighted by molar-refractivity contribution is 7.99. The molecule has 0 amide bonds. The Balaban J connectivity index is 1.63. The zero-order valence-electron chi connectivity index (χ0n) is 16.1. The molecule has 0 radical (unpaired) electrons. The molecule has 2 aromatic carbocycles. The summed E-state index contributed by atoms with van der Waals surface area (Å²) in [5, 5.41) is 9.06. The minimum atomic E-state index is -0.377. The average Bonchev–Trinajstić information content (AvgIpc) is 3.43. The second-order valence-corrected chi connectivity index (χ2v) is 7.21. The standard InChI is InChI=1S/C22H18FN3O3S/c1-2-28-18-11-9-17(10-12-18)26-21(20-4-3-13-29-20)24-25-22(26)30-14-19(27)15-5-7-16(23)8-6-15/h3-13H,2,14H2,1H3. The monoisotopic (exact) mass is 423 g/mol. The number of carbonyl (C=O) groups is 1. The molecule has 4 aromatic rings. The van der Waals surface area contributed by atoms with Gasteiger partial charge in [0.1, 0.15) is 11.6 Å². The Morgan fingerprint density at radius 1 is 1.10 bits per heavy atom. The highest BCUT2D eigenvalue weighted by Gasteiger charge is 2.19. The maximum absolute atomic E-state index is 13.1. The summed E-state index contributed by atoms with van der Waals surface area (Å²) in [6.45, 7) is 2.51. The van der Waals surface area contributed by atoms with Crippen molar-refractivity contribution in [2.75, 3.05) is 12.4 Å². The van der Waals surface area contributed by atoms with Crippen LogP contribution >= 0.6 is 11.8 Å². The summed E-state index contributed by atoms with van der Waals surface area (Å²) in [5.74, 6) is 1.49. The summed E-state index contributed by atoms with van der Waals surface area (Å²) >= 11 is 1.25. The number of hydrogen-bond acceptors (Lipinski definition) is 6. The van der Waals surface area contributed by atoms with Gasteiger partial charge < -0.3 is 9.15 Å². The normalized spacial score (nSPS) is 10.9. The van der Waals surface area contributed by atoms with Crippen LogP contribution in [0.5, 0.6) is 5.75 Å². The fourth-order valence-corrected chi connectivity index (χ4v) is 3.72. The van der Waals surface area contributed by atoms with E-state index in [9.17, 15) is 9.18 Å². The van der Waals surface area contributed by atoms with Gasteiger partial charge in [-0.25, -0.2) is 4.39 Å². The zero-order valence-corrected chi connectivity index (χ0v) is 16.9. The van der Waals surface area contributed by atoms with E-state index in [-0.39, 0.29) is 17.4 Å². The van der Waals surface area contributed by atoms with Gasteiger partial charge >= 0.3 is 0 Å². The fourth-order valence-electron chi connectivity index (χ4n) is 2.87. The second kappa shape index (κ2) is 8.96. The van der Waals surface area contributed by atoms with Gasteiger partial charge in [0.2, 0.25) is 5.82 Å². The Bertz CT molecular complexity index is 1120. The Kier molecular flexibility index (Phi) is 5.94. The van der Waals surface area contributed by atoms with Crippen LogP contribution in [0.4, 0.5) is 4.39 Å². The number of ether oxygens (including phenoxy) is 1. The van der Waals surface area contributed by atoms with Crippen LogP contribution in [-0.2, 0) is 0 Å². The molecule has 8 heteroatoms. The van der Waals surface area contributed by atoms with Crippen LogP contribution in [0.2, 0.25) is 0 Å². The summed E-state index contributed by atoms with van der Waals surface area (Å²) in [4.78, 5) is 12.5. The molecule has 0 spiro atoms. The van der Waals surface area contributed by atoms with E-state index in [1.807, 2.05) is 35.8 Å². The molecule has 0 atom stereocenters. The molecule has 0 aliphatic rings. The molecule has 30 heavy (non-hydrogen) atoms. The SMILES string of the molecule is CCOc1ccc(-n2c(SCC(=O)c3ccc(F)cc3)nnc2-c2ccco2)cc1. The first-order chi connectivity index (χ1) is 14.7. The number of thioether (sulfide) groups is 1. The lowest BCUT2D eigenvalue weighted by atomic mass is 10.1. The van der Waals surface area contributed by atoms with Crippen LogP contribution in [0.3, 0.4) is 0 Å². The largest absolute Gasteiger partial charge is 0.494 e. The van der Waals surface area contributed by atoms with Crippen molar-refractivity contribution in [1.29, 1.82) is 0 Å². The van der Waals surface area contributed by atoms with Crippen LogP contribution in [0.1, 0.15) is 17.3 Å². The zero-order chi connectivity index (χ0) is 20.9. The minimum absolute atomic E-state index is 0.124.